The van der Waals surface area contributed by atoms with Crippen molar-refractivity contribution in [3.05, 3.63) is 78.9 Å². The molecule has 0 fully saturated rings. The summed E-state index contributed by atoms with van der Waals surface area (Å²) < 4.78 is 2.01. The zero-order valence-electron chi connectivity index (χ0n) is 12.2. The van der Waals surface area contributed by atoms with E-state index in [0.29, 0.717) is 0 Å². The highest BCUT2D eigenvalue weighted by Gasteiger charge is 2.05. The molecule has 0 saturated carbocycles. The van der Waals surface area contributed by atoms with Gasteiger partial charge in [-0.25, -0.2) is 4.98 Å². The maximum absolute atomic E-state index is 4.08. The Morgan fingerprint density at radius 2 is 1.76 bits per heavy atom. The van der Waals surface area contributed by atoms with Gasteiger partial charge in [0, 0.05) is 36.9 Å². The van der Waals surface area contributed by atoms with Gasteiger partial charge >= 0.3 is 0 Å². The van der Waals surface area contributed by atoms with E-state index in [2.05, 4.69) is 71.4 Å². The average Bonchev–Trinajstić information content (AvgIpc) is 3.08. The molecular formula is C18H19N3. The molecule has 0 unspecified atom stereocenters. The van der Waals surface area contributed by atoms with Gasteiger partial charge in [0.05, 0.1) is 6.33 Å². The minimum Gasteiger partial charge on any atom is -0.367 e. The Morgan fingerprint density at radius 3 is 2.38 bits per heavy atom. The molecule has 0 amide bonds. The topological polar surface area (TPSA) is 21.1 Å². The molecule has 2 aromatic carbocycles. The van der Waals surface area contributed by atoms with Crippen LogP contribution in [-0.4, -0.2) is 16.1 Å². The first-order valence-electron chi connectivity index (χ1n) is 7.24. The van der Waals surface area contributed by atoms with Crippen LogP contribution in [0.3, 0.4) is 0 Å². The van der Waals surface area contributed by atoms with E-state index in [4.69, 9.17) is 0 Å². The van der Waals surface area contributed by atoms with Crippen LogP contribution in [0.4, 0.5) is 5.69 Å². The van der Waals surface area contributed by atoms with Gasteiger partial charge in [-0.1, -0.05) is 30.3 Å². The summed E-state index contributed by atoms with van der Waals surface area (Å²) in [6.45, 7) is 4.10. The molecule has 21 heavy (non-hydrogen) atoms. The lowest BCUT2D eigenvalue weighted by atomic mass is 10.1. The molecule has 0 aliphatic heterocycles. The highest BCUT2D eigenvalue weighted by Crippen LogP contribution is 2.17. The van der Waals surface area contributed by atoms with Gasteiger partial charge in [-0.15, -0.1) is 0 Å². The summed E-state index contributed by atoms with van der Waals surface area (Å²) in [5.74, 6) is 0. The van der Waals surface area contributed by atoms with Crippen LogP contribution >= 0.6 is 0 Å². The van der Waals surface area contributed by atoms with E-state index in [0.717, 1.165) is 18.8 Å². The Balaban J connectivity index is 1.75. The third-order valence-corrected chi connectivity index (χ3v) is 3.62. The van der Waals surface area contributed by atoms with Crippen molar-refractivity contribution in [2.45, 2.75) is 13.5 Å². The van der Waals surface area contributed by atoms with Crippen LogP contribution in [0.5, 0.6) is 0 Å². The van der Waals surface area contributed by atoms with Crippen molar-refractivity contribution >= 4 is 5.69 Å². The fraction of sp³-hybridized carbons (Fsp3) is 0.167. The Kier molecular flexibility index (Phi) is 4.01. The molecule has 0 spiro atoms. The maximum atomic E-state index is 4.08. The Hall–Kier alpha value is -2.55. The van der Waals surface area contributed by atoms with Crippen molar-refractivity contribution in [2.24, 2.45) is 0 Å². The summed E-state index contributed by atoms with van der Waals surface area (Å²) in [7, 11) is 0. The van der Waals surface area contributed by atoms with Crippen LogP contribution in [0.1, 0.15) is 12.5 Å². The van der Waals surface area contributed by atoms with E-state index in [-0.39, 0.29) is 0 Å². The van der Waals surface area contributed by atoms with E-state index in [1.807, 2.05) is 17.1 Å². The van der Waals surface area contributed by atoms with Gasteiger partial charge in [0.25, 0.3) is 0 Å². The van der Waals surface area contributed by atoms with Crippen molar-refractivity contribution in [3.63, 3.8) is 0 Å². The summed E-state index contributed by atoms with van der Waals surface area (Å²) >= 11 is 0. The fourth-order valence-electron chi connectivity index (χ4n) is 2.43. The first kappa shape index (κ1) is 13.4. The lowest BCUT2D eigenvalue weighted by Gasteiger charge is -2.23. The van der Waals surface area contributed by atoms with Crippen LogP contribution in [0, 0.1) is 0 Å². The lowest BCUT2D eigenvalue weighted by molar-refractivity contribution is 0.831. The number of benzene rings is 2. The molecule has 1 heterocycles. The van der Waals surface area contributed by atoms with E-state index in [1.165, 1.54) is 11.3 Å². The first-order valence-corrected chi connectivity index (χ1v) is 7.24. The molecule has 0 aliphatic rings. The molecular weight excluding hydrogens is 258 g/mol. The van der Waals surface area contributed by atoms with E-state index in [9.17, 15) is 0 Å². The van der Waals surface area contributed by atoms with E-state index < -0.39 is 0 Å². The summed E-state index contributed by atoms with van der Waals surface area (Å²) in [4.78, 5) is 6.44. The van der Waals surface area contributed by atoms with Crippen LogP contribution < -0.4 is 4.90 Å². The first-order chi connectivity index (χ1) is 10.4. The largest absolute Gasteiger partial charge is 0.367 e. The molecule has 3 rings (SSSR count). The molecule has 0 saturated heterocycles. The normalized spacial score (nSPS) is 10.5. The molecule has 0 aliphatic carbocycles. The number of nitrogens with zero attached hydrogens (tertiary/aromatic N) is 3. The van der Waals surface area contributed by atoms with Crippen LogP contribution in [0.2, 0.25) is 0 Å². The van der Waals surface area contributed by atoms with Crippen LogP contribution in [0.25, 0.3) is 5.69 Å². The molecule has 106 valence electrons. The molecule has 0 atom stereocenters. The van der Waals surface area contributed by atoms with Crippen molar-refractivity contribution in [1.82, 2.24) is 9.55 Å². The molecule has 1 aromatic heterocycles. The summed E-state index contributed by atoms with van der Waals surface area (Å²) in [5.41, 5.74) is 3.71. The standard InChI is InChI=1S/C18H19N3/c1-2-20(17-6-4-3-5-7-17)14-16-8-10-18(11-9-16)21-13-12-19-15-21/h3-13,15H,2,14H2,1H3. The second kappa shape index (κ2) is 6.27. The quantitative estimate of drug-likeness (QED) is 0.705. The minimum atomic E-state index is 0.921. The van der Waals surface area contributed by atoms with E-state index >= 15 is 0 Å². The highest BCUT2D eigenvalue weighted by atomic mass is 15.1. The zero-order chi connectivity index (χ0) is 14.5. The number of para-hydroxylation sites is 1. The summed E-state index contributed by atoms with van der Waals surface area (Å²) in [5, 5.41) is 0. The van der Waals surface area contributed by atoms with Crippen LogP contribution in [0.15, 0.2) is 73.3 Å². The number of rotatable bonds is 5. The number of imidazole rings is 1. The Bertz CT molecular complexity index is 657. The predicted octanol–water partition coefficient (Wildman–Crippen LogP) is 3.90. The second-order valence-electron chi connectivity index (χ2n) is 4.99. The molecule has 3 heteroatoms. The number of hydrogen-bond donors (Lipinski definition) is 0. The lowest BCUT2D eigenvalue weighted by Crippen LogP contribution is -2.21. The Labute approximate surface area is 125 Å². The minimum absolute atomic E-state index is 0.921. The van der Waals surface area contributed by atoms with Crippen molar-refractivity contribution in [1.29, 1.82) is 0 Å². The van der Waals surface area contributed by atoms with Crippen molar-refractivity contribution in [2.75, 3.05) is 11.4 Å². The number of hydrogen-bond acceptors (Lipinski definition) is 2. The van der Waals surface area contributed by atoms with Gasteiger partial charge in [0.1, 0.15) is 0 Å². The third-order valence-electron chi connectivity index (χ3n) is 3.62. The predicted molar refractivity (Wildman–Crippen MR) is 86.7 cm³/mol. The third kappa shape index (κ3) is 3.14. The zero-order valence-corrected chi connectivity index (χ0v) is 12.2. The van der Waals surface area contributed by atoms with Crippen molar-refractivity contribution in [3.8, 4) is 5.69 Å². The van der Waals surface area contributed by atoms with Crippen molar-refractivity contribution < 1.29 is 0 Å². The number of aromatic nitrogens is 2. The molecule has 0 N–H and O–H groups in total. The van der Waals surface area contributed by atoms with Gasteiger partial charge < -0.3 is 9.47 Å². The SMILES string of the molecule is CCN(Cc1ccc(-n2ccnc2)cc1)c1ccccc1. The molecule has 3 aromatic rings. The molecule has 0 bridgehead atoms. The summed E-state index contributed by atoms with van der Waals surface area (Å²) in [6.07, 6.45) is 5.57. The Morgan fingerprint density at radius 1 is 1.00 bits per heavy atom. The monoisotopic (exact) mass is 277 g/mol. The molecule has 0 radical (unpaired) electrons. The van der Waals surface area contributed by atoms with Gasteiger partial charge in [0.2, 0.25) is 0 Å². The number of anilines is 1. The fourth-order valence-corrected chi connectivity index (χ4v) is 2.43. The average molecular weight is 277 g/mol. The smallest absolute Gasteiger partial charge is 0.0991 e. The highest BCUT2D eigenvalue weighted by molar-refractivity contribution is 5.47. The van der Waals surface area contributed by atoms with Gasteiger partial charge in [-0.3, -0.25) is 0 Å². The van der Waals surface area contributed by atoms with Gasteiger partial charge in [-0.2, -0.15) is 0 Å². The van der Waals surface area contributed by atoms with Crippen LogP contribution in [-0.2, 0) is 6.54 Å². The van der Waals surface area contributed by atoms with Gasteiger partial charge in [-0.05, 0) is 36.8 Å². The van der Waals surface area contributed by atoms with Gasteiger partial charge in [0.15, 0.2) is 0 Å². The summed E-state index contributed by atoms with van der Waals surface area (Å²) in [6, 6.07) is 19.2. The second-order valence-corrected chi connectivity index (χ2v) is 4.99. The molecule has 3 nitrogen and oxygen atoms in total. The van der Waals surface area contributed by atoms with E-state index in [1.54, 1.807) is 6.20 Å². The maximum Gasteiger partial charge on any atom is 0.0991 e.